The average Bonchev–Trinajstić information content (AvgIpc) is 3.09. The Kier molecular flexibility index (Phi) is 3.31. The molecule has 4 heteroatoms. The number of nitrogens with one attached hydrogen (secondary N) is 2. The summed E-state index contributed by atoms with van der Waals surface area (Å²) < 4.78 is 0. The van der Waals surface area contributed by atoms with Gasteiger partial charge in [-0.3, -0.25) is 4.79 Å². The summed E-state index contributed by atoms with van der Waals surface area (Å²) in [6.45, 7) is 0.666. The third kappa shape index (κ3) is 2.84. The third-order valence-electron chi connectivity index (χ3n) is 3.60. The first-order valence-corrected chi connectivity index (χ1v) is 6.64. The van der Waals surface area contributed by atoms with Gasteiger partial charge < -0.3 is 10.3 Å². The number of hydrogen-bond donors (Lipinski definition) is 2. The number of aromatic amines is 1. The van der Waals surface area contributed by atoms with E-state index in [2.05, 4.69) is 27.4 Å². The highest BCUT2D eigenvalue weighted by molar-refractivity contribution is 5.82. The fourth-order valence-electron chi connectivity index (χ4n) is 2.43. The van der Waals surface area contributed by atoms with Gasteiger partial charge in [-0.2, -0.15) is 0 Å². The van der Waals surface area contributed by atoms with Crippen molar-refractivity contribution in [3.63, 3.8) is 0 Å². The summed E-state index contributed by atoms with van der Waals surface area (Å²) in [5.74, 6) is 0.742. The predicted octanol–water partition coefficient (Wildman–Crippen LogP) is 1.87. The van der Waals surface area contributed by atoms with Crippen LogP contribution in [-0.4, -0.2) is 22.4 Å². The first-order chi connectivity index (χ1) is 9.34. The molecule has 0 spiro atoms. The molecule has 1 aliphatic rings. The molecular formula is C15H17N3O. The van der Waals surface area contributed by atoms with Crippen molar-refractivity contribution in [3.8, 4) is 0 Å². The molecule has 98 valence electrons. The lowest BCUT2D eigenvalue weighted by molar-refractivity contribution is -0.122. The molecule has 1 fully saturated rings. The second-order valence-corrected chi connectivity index (χ2v) is 4.98. The molecule has 19 heavy (non-hydrogen) atoms. The predicted molar refractivity (Wildman–Crippen MR) is 72.6 cm³/mol. The van der Waals surface area contributed by atoms with E-state index >= 15 is 0 Å². The molecule has 3 rings (SSSR count). The first-order valence-electron chi connectivity index (χ1n) is 6.64. The molecule has 1 aromatic carbocycles. The molecule has 1 amide bonds. The van der Waals surface area contributed by atoms with E-state index in [0.717, 1.165) is 18.5 Å². The highest BCUT2D eigenvalue weighted by atomic mass is 16.2. The standard InChI is InChI=1S/C15H17N3O/c19-15(17-7-6-12-9-16-10-18-12)14-8-13(14)11-4-2-1-3-5-11/h1-5,9-10,13-14H,6-8H2,(H,16,18)(H,17,19). The summed E-state index contributed by atoms with van der Waals surface area (Å²) in [7, 11) is 0. The van der Waals surface area contributed by atoms with Gasteiger partial charge in [0.05, 0.1) is 6.33 Å². The van der Waals surface area contributed by atoms with Gasteiger partial charge in [0.2, 0.25) is 5.91 Å². The molecule has 1 heterocycles. The number of nitrogens with zero attached hydrogens (tertiary/aromatic N) is 1. The lowest BCUT2D eigenvalue weighted by Crippen LogP contribution is -2.27. The number of carbonyl (C=O) groups excluding carboxylic acids is 1. The summed E-state index contributed by atoms with van der Waals surface area (Å²) in [5, 5.41) is 3.00. The molecule has 0 aliphatic heterocycles. The van der Waals surface area contributed by atoms with Crippen LogP contribution < -0.4 is 5.32 Å². The van der Waals surface area contributed by atoms with Gasteiger partial charge in [-0.05, 0) is 17.9 Å². The fraction of sp³-hybridized carbons (Fsp3) is 0.333. The molecule has 1 saturated carbocycles. The second-order valence-electron chi connectivity index (χ2n) is 4.98. The van der Waals surface area contributed by atoms with Gasteiger partial charge in [0, 0.05) is 30.8 Å². The Morgan fingerprint density at radius 2 is 2.21 bits per heavy atom. The molecule has 2 N–H and O–H groups in total. The zero-order chi connectivity index (χ0) is 13.1. The van der Waals surface area contributed by atoms with Crippen LogP contribution >= 0.6 is 0 Å². The number of benzene rings is 1. The molecule has 4 nitrogen and oxygen atoms in total. The third-order valence-corrected chi connectivity index (χ3v) is 3.60. The van der Waals surface area contributed by atoms with Crippen LogP contribution in [0, 0.1) is 5.92 Å². The van der Waals surface area contributed by atoms with Gasteiger partial charge >= 0.3 is 0 Å². The van der Waals surface area contributed by atoms with Crippen LogP contribution in [0.4, 0.5) is 0 Å². The Labute approximate surface area is 112 Å². The number of hydrogen-bond acceptors (Lipinski definition) is 2. The highest BCUT2D eigenvalue weighted by Gasteiger charge is 2.43. The van der Waals surface area contributed by atoms with Crippen molar-refractivity contribution in [2.75, 3.05) is 6.54 Å². The van der Waals surface area contributed by atoms with E-state index in [0.29, 0.717) is 12.5 Å². The van der Waals surface area contributed by atoms with E-state index in [4.69, 9.17) is 0 Å². The lowest BCUT2D eigenvalue weighted by Gasteiger charge is -2.04. The number of rotatable bonds is 5. The SMILES string of the molecule is O=C(NCCc1cnc[nH]1)C1CC1c1ccccc1. The molecule has 2 atom stereocenters. The minimum atomic E-state index is 0.157. The second kappa shape index (κ2) is 5.26. The van der Waals surface area contributed by atoms with Gasteiger partial charge in [0.1, 0.15) is 0 Å². The van der Waals surface area contributed by atoms with E-state index in [1.807, 2.05) is 18.2 Å². The number of aromatic nitrogens is 2. The Balaban J connectivity index is 1.45. The van der Waals surface area contributed by atoms with Crippen molar-refractivity contribution in [1.82, 2.24) is 15.3 Å². The van der Waals surface area contributed by atoms with Crippen molar-refractivity contribution in [3.05, 3.63) is 54.1 Å². The van der Waals surface area contributed by atoms with Crippen molar-refractivity contribution in [1.29, 1.82) is 0 Å². The molecular weight excluding hydrogens is 238 g/mol. The molecule has 2 aromatic rings. The zero-order valence-electron chi connectivity index (χ0n) is 10.7. The van der Waals surface area contributed by atoms with Crippen LogP contribution in [0.1, 0.15) is 23.6 Å². The van der Waals surface area contributed by atoms with Gasteiger partial charge in [-0.1, -0.05) is 30.3 Å². The van der Waals surface area contributed by atoms with Crippen LogP contribution in [0.2, 0.25) is 0 Å². The Bertz CT molecular complexity index is 536. The number of carbonyl (C=O) groups is 1. The maximum absolute atomic E-state index is 12.0. The summed E-state index contributed by atoms with van der Waals surface area (Å²) >= 11 is 0. The molecule has 1 aliphatic carbocycles. The first kappa shape index (κ1) is 12.0. The summed E-state index contributed by atoms with van der Waals surface area (Å²) in [6.07, 6.45) is 5.22. The van der Waals surface area contributed by atoms with Gasteiger partial charge in [0.15, 0.2) is 0 Å². The van der Waals surface area contributed by atoms with Crippen LogP contribution in [0.25, 0.3) is 0 Å². The minimum absolute atomic E-state index is 0.157. The maximum Gasteiger partial charge on any atom is 0.223 e. The number of amides is 1. The van der Waals surface area contributed by atoms with E-state index in [-0.39, 0.29) is 11.8 Å². The molecule has 0 radical (unpaired) electrons. The van der Waals surface area contributed by atoms with Crippen LogP contribution in [0.15, 0.2) is 42.9 Å². The monoisotopic (exact) mass is 255 g/mol. The fourth-order valence-corrected chi connectivity index (χ4v) is 2.43. The molecule has 0 saturated heterocycles. The lowest BCUT2D eigenvalue weighted by atomic mass is 10.1. The van der Waals surface area contributed by atoms with E-state index < -0.39 is 0 Å². The summed E-state index contributed by atoms with van der Waals surface area (Å²) in [6, 6.07) is 10.3. The number of imidazole rings is 1. The van der Waals surface area contributed by atoms with Gasteiger partial charge in [-0.15, -0.1) is 0 Å². The zero-order valence-corrected chi connectivity index (χ0v) is 10.7. The quantitative estimate of drug-likeness (QED) is 0.857. The molecule has 2 unspecified atom stereocenters. The van der Waals surface area contributed by atoms with Gasteiger partial charge in [-0.25, -0.2) is 4.98 Å². The molecule has 1 aromatic heterocycles. The van der Waals surface area contributed by atoms with Crippen molar-refractivity contribution in [2.24, 2.45) is 5.92 Å². The minimum Gasteiger partial charge on any atom is -0.355 e. The topological polar surface area (TPSA) is 57.8 Å². The van der Waals surface area contributed by atoms with Crippen molar-refractivity contribution >= 4 is 5.91 Å². The summed E-state index contributed by atoms with van der Waals surface area (Å²) in [4.78, 5) is 19.0. The Morgan fingerprint density at radius 1 is 1.37 bits per heavy atom. The van der Waals surface area contributed by atoms with E-state index in [9.17, 15) is 4.79 Å². The summed E-state index contributed by atoms with van der Waals surface area (Å²) in [5.41, 5.74) is 2.33. The Hall–Kier alpha value is -2.10. The Morgan fingerprint density at radius 3 is 2.95 bits per heavy atom. The number of H-pyrrole nitrogens is 1. The molecule has 0 bridgehead atoms. The van der Waals surface area contributed by atoms with Crippen LogP contribution in [-0.2, 0) is 11.2 Å². The average molecular weight is 255 g/mol. The van der Waals surface area contributed by atoms with Crippen LogP contribution in [0.5, 0.6) is 0 Å². The highest BCUT2D eigenvalue weighted by Crippen LogP contribution is 2.47. The normalized spacial score (nSPS) is 21.1. The van der Waals surface area contributed by atoms with Crippen LogP contribution in [0.3, 0.4) is 0 Å². The van der Waals surface area contributed by atoms with Crippen molar-refractivity contribution in [2.45, 2.75) is 18.8 Å². The van der Waals surface area contributed by atoms with E-state index in [1.54, 1.807) is 12.5 Å². The van der Waals surface area contributed by atoms with E-state index in [1.165, 1.54) is 5.56 Å². The van der Waals surface area contributed by atoms with Crippen molar-refractivity contribution < 1.29 is 4.79 Å². The largest absolute Gasteiger partial charge is 0.355 e. The van der Waals surface area contributed by atoms with Gasteiger partial charge in [0.25, 0.3) is 0 Å². The maximum atomic E-state index is 12.0. The smallest absolute Gasteiger partial charge is 0.223 e.